The van der Waals surface area contributed by atoms with Gasteiger partial charge in [0, 0.05) is 0 Å². The number of thiophene rings is 1. The summed E-state index contributed by atoms with van der Waals surface area (Å²) in [6.07, 6.45) is 4.76. The Hall–Kier alpha value is -1.81. The Morgan fingerprint density at radius 1 is 1.11 bits per heavy atom. The number of carbonyl (C=O) groups is 1. The molecule has 0 radical (unpaired) electrons. The summed E-state index contributed by atoms with van der Waals surface area (Å²) in [7, 11) is 0. The average molecular weight is 274 g/mol. The number of hydrogen-bond acceptors (Lipinski definition) is 3. The molecule has 0 amide bonds. The molecular weight excluding hydrogens is 260 g/mol. The molecule has 98 valence electrons. The molecule has 0 saturated carbocycles. The van der Waals surface area contributed by atoms with E-state index in [9.17, 15) is 4.79 Å². The number of fused-ring (bicyclic) bond motifs is 1. The van der Waals surface area contributed by atoms with Gasteiger partial charge in [0.2, 0.25) is 0 Å². The Labute approximate surface area is 115 Å². The quantitative estimate of drug-likeness (QED) is 0.915. The van der Waals surface area contributed by atoms with Gasteiger partial charge in [0.15, 0.2) is 5.06 Å². The second-order valence-corrected chi connectivity index (χ2v) is 5.71. The molecule has 1 aromatic carbocycles. The Bertz CT molecular complexity index is 616. The lowest BCUT2D eigenvalue weighted by Gasteiger charge is -2.16. The van der Waals surface area contributed by atoms with Crippen molar-refractivity contribution in [2.75, 3.05) is 0 Å². The fourth-order valence-corrected chi connectivity index (χ4v) is 3.09. The molecule has 2 aromatic rings. The summed E-state index contributed by atoms with van der Waals surface area (Å²) < 4.78 is 5.73. The van der Waals surface area contributed by atoms with Crippen LogP contribution in [0.2, 0.25) is 0 Å². The second kappa shape index (κ2) is 5.05. The van der Waals surface area contributed by atoms with Crippen molar-refractivity contribution in [3.63, 3.8) is 0 Å². The van der Waals surface area contributed by atoms with Gasteiger partial charge in [-0.1, -0.05) is 17.4 Å². The first kappa shape index (κ1) is 12.2. The van der Waals surface area contributed by atoms with E-state index in [-0.39, 0.29) is 0 Å². The van der Waals surface area contributed by atoms with Crippen LogP contribution in [0.4, 0.5) is 0 Å². The van der Waals surface area contributed by atoms with Gasteiger partial charge in [-0.15, -0.1) is 0 Å². The van der Waals surface area contributed by atoms with Crippen molar-refractivity contribution in [2.24, 2.45) is 0 Å². The van der Waals surface area contributed by atoms with Crippen molar-refractivity contribution < 1.29 is 14.6 Å². The summed E-state index contributed by atoms with van der Waals surface area (Å²) >= 11 is 1.15. The van der Waals surface area contributed by atoms with E-state index in [1.165, 1.54) is 24.0 Å². The summed E-state index contributed by atoms with van der Waals surface area (Å²) in [4.78, 5) is 11.1. The monoisotopic (exact) mass is 274 g/mol. The fourth-order valence-electron chi connectivity index (χ4n) is 2.38. The standard InChI is InChI=1S/C15H14O3S/c16-15(17)13-7-8-14(19-13)18-12-6-5-10-3-1-2-4-11(10)9-12/h5-9H,1-4H2,(H,16,17). The molecule has 0 spiro atoms. The number of benzene rings is 1. The number of aryl methyl sites for hydroxylation is 2. The van der Waals surface area contributed by atoms with Crippen molar-refractivity contribution in [3.05, 3.63) is 46.3 Å². The van der Waals surface area contributed by atoms with Gasteiger partial charge in [-0.3, -0.25) is 0 Å². The van der Waals surface area contributed by atoms with Crippen LogP contribution >= 0.6 is 11.3 Å². The molecule has 1 aliphatic rings. The van der Waals surface area contributed by atoms with Gasteiger partial charge >= 0.3 is 5.97 Å². The third-order valence-corrected chi connectivity index (χ3v) is 4.28. The van der Waals surface area contributed by atoms with Gasteiger partial charge in [-0.25, -0.2) is 4.79 Å². The molecule has 0 atom stereocenters. The lowest BCUT2D eigenvalue weighted by molar-refractivity contribution is 0.0702. The van der Waals surface area contributed by atoms with Crippen molar-refractivity contribution in [3.8, 4) is 10.8 Å². The van der Waals surface area contributed by atoms with Crippen LogP contribution in [0.25, 0.3) is 0 Å². The normalized spacial score (nSPS) is 13.9. The number of ether oxygens (including phenoxy) is 1. The van der Waals surface area contributed by atoms with Crippen molar-refractivity contribution in [1.82, 2.24) is 0 Å². The van der Waals surface area contributed by atoms with Gasteiger partial charge in [-0.05, 0) is 61.1 Å². The van der Waals surface area contributed by atoms with E-state index in [2.05, 4.69) is 12.1 Å². The third-order valence-electron chi connectivity index (χ3n) is 3.33. The molecule has 1 aromatic heterocycles. The molecule has 0 unspecified atom stereocenters. The Balaban J connectivity index is 1.80. The van der Waals surface area contributed by atoms with Gasteiger partial charge in [0.1, 0.15) is 10.6 Å². The lowest BCUT2D eigenvalue weighted by Crippen LogP contribution is -2.02. The van der Waals surface area contributed by atoms with Crippen molar-refractivity contribution >= 4 is 17.3 Å². The van der Waals surface area contributed by atoms with E-state index >= 15 is 0 Å². The predicted molar refractivity (Wildman–Crippen MR) is 74.4 cm³/mol. The maximum absolute atomic E-state index is 10.8. The summed E-state index contributed by atoms with van der Waals surface area (Å²) in [5.41, 5.74) is 2.77. The zero-order valence-electron chi connectivity index (χ0n) is 10.4. The average Bonchev–Trinajstić information content (AvgIpc) is 2.87. The van der Waals surface area contributed by atoms with Crippen LogP contribution in [0.15, 0.2) is 30.3 Å². The highest BCUT2D eigenvalue weighted by atomic mass is 32.1. The second-order valence-electron chi connectivity index (χ2n) is 4.66. The van der Waals surface area contributed by atoms with Crippen molar-refractivity contribution in [2.45, 2.75) is 25.7 Å². The molecule has 3 rings (SSSR count). The number of hydrogen-bond donors (Lipinski definition) is 1. The highest BCUT2D eigenvalue weighted by molar-refractivity contribution is 7.15. The van der Waals surface area contributed by atoms with E-state index < -0.39 is 5.97 Å². The van der Waals surface area contributed by atoms with E-state index in [0.717, 1.165) is 29.9 Å². The van der Waals surface area contributed by atoms with E-state index in [1.54, 1.807) is 12.1 Å². The SMILES string of the molecule is O=C(O)c1ccc(Oc2ccc3c(c2)CCCC3)s1. The van der Waals surface area contributed by atoms with Gasteiger partial charge in [0.05, 0.1) is 0 Å². The smallest absolute Gasteiger partial charge is 0.345 e. The van der Waals surface area contributed by atoms with Crippen molar-refractivity contribution in [1.29, 1.82) is 0 Å². The molecule has 0 fully saturated rings. The van der Waals surface area contributed by atoms with E-state index in [4.69, 9.17) is 9.84 Å². The number of carboxylic acid groups (broad SMARTS) is 1. The van der Waals surface area contributed by atoms with Crippen LogP contribution in [-0.2, 0) is 12.8 Å². The zero-order valence-corrected chi connectivity index (χ0v) is 11.2. The van der Waals surface area contributed by atoms with Crippen LogP contribution in [0.5, 0.6) is 10.8 Å². The first-order valence-electron chi connectivity index (χ1n) is 6.35. The van der Waals surface area contributed by atoms with E-state index in [1.807, 2.05) is 6.07 Å². The van der Waals surface area contributed by atoms with Crippen LogP contribution in [0, 0.1) is 0 Å². The predicted octanol–water partition coefficient (Wildman–Crippen LogP) is 4.12. The molecule has 4 heteroatoms. The minimum Gasteiger partial charge on any atom is -0.477 e. The molecule has 0 aliphatic heterocycles. The summed E-state index contributed by atoms with van der Waals surface area (Å²) in [6.45, 7) is 0. The summed E-state index contributed by atoms with van der Waals surface area (Å²) in [5, 5.41) is 9.50. The van der Waals surface area contributed by atoms with Gasteiger partial charge < -0.3 is 9.84 Å². The first-order chi connectivity index (χ1) is 9.22. The Morgan fingerprint density at radius 3 is 2.63 bits per heavy atom. The van der Waals surface area contributed by atoms with Crippen LogP contribution in [0.1, 0.15) is 33.6 Å². The zero-order chi connectivity index (χ0) is 13.2. The largest absolute Gasteiger partial charge is 0.477 e. The minimum absolute atomic E-state index is 0.299. The lowest BCUT2D eigenvalue weighted by atomic mass is 9.92. The Morgan fingerprint density at radius 2 is 1.89 bits per heavy atom. The summed E-state index contributed by atoms with van der Waals surface area (Å²) in [5.74, 6) is -0.121. The maximum atomic E-state index is 10.8. The van der Waals surface area contributed by atoms with Crippen LogP contribution < -0.4 is 4.74 Å². The van der Waals surface area contributed by atoms with Crippen LogP contribution in [0.3, 0.4) is 0 Å². The minimum atomic E-state index is -0.912. The Kier molecular flexibility index (Phi) is 3.25. The fraction of sp³-hybridized carbons (Fsp3) is 0.267. The molecule has 0 saturated heterocycles. The van der Waals surface area contributed by atoms with Crippen LogP contribution in [-0.4, -0.2) is 11.1 Å². The molecule has 3 nitrogen and oxygen atoms in total. The molecular formula is C15H14O3S. The van der Waals surface area contributed by atoms with Gasteiger partial charge in [0.25, 0.3) is 0 Å². The maximum Gasteiger partial charge on any atom is 0.345 e. The first-order valence-corrected chi connectivity index (χ1v) is 7.17. The highest BCUT2D eigenvalue weighted by Crippen LogP contribution is 2.32. The molecule has 19 heavy (non-hydrogen) atoms. The number of rotatable bonds is 3. The third kappa shape index (κ3) is 2.63. The van der Waals surface area contributed by atoms with E-state index in [0.29, 0.717) is 9.94 Å². The molecule has 0 bridgehead atoms. The summed E-state index contributed by atoms with van der Waals surface area (Å²) in [6, 6.07) is 9.43. The van der Waals surface area contributed by atoms with Gasteiger partial charge in [-0.2, -0.15) is 0 Å². The number of aromatic carboxylic acids is 1. The molecule has 1 heterocycles. The topological polar surface area (TPSA) is 46.5 Å². The molecule has 1 aliphatic carbocycles. The highest BCUT2D eigenvalue weighted by Gasteiger charge is 2.12. The molecule has 1 N–H and O–H groups in total. The number of carboxylic acids is 1.